The van der Waals surface area contributed by atoms with Gasteiger partial charge in [-0.3, -0.25) is 4.79 Å². The normalized spacial score (nSPS) is 11.8. The smallest absolute Gasteiger partial charge is 0.319 e. The molecule has 1 heterocycles. The maximum Gasteiger partial charge on any atom is 0.319 e. The van der Waals surface area contributed by atoms with Crippen LogP contribution in [-0.2, 0) is 14.6 Å². The summed E-state index contributed by atoms with van der Waals surface area (Å²) in [6, 6.07) is 8.40. The Bertz CT molecular complexity index is 1060. The Morgan fingerprint density at radius 3 is 2.62 bits per heavy atom. The van der Waals surface area contributed by atoms with Gasteiger partial charge in [-0.1, -0.05) is 28.9 Å². The summed E-state index contributed by atoms with van der Waals surface area (Å²) >= 11 is 6.05. The van der Waals surface area contributed by atoms with Crippen LogP contribution < -0.4 is 0 Å². The van der Waals surface area contributed by atoms with Crippen LogP contribution in [-0.4, -0.2) is 30.4 Å². The number of rotatable bonds is 4. The zero-order valence-corrected chi connectivity index (χ0v) is 13.4. The first-order chi connectivity index (χ1) is 11.3. The van der Waals surface area contributed by atoms with E-state index in [0.717, 1.165) is 6.07 Å². The Balaban J connectivity index is 2.20. The number of carboxylic acids is 1. The SMILES string of the molecule is O=C(O)CS(=O)(=O)c1ccc2c(-c3ccccc3F)noc2c1Cl. The number of aromatic nitrogens is 1. The van der Waals surface area contributed by atoms with Crippen LogP contribution in [0.25, 0.3) is 22.2 Å². The monoisotopic (exact) mass is 369 g/mol. The Kier molecular flexibility index (Phi) is 4.02. The summed E-state index contributed by atoms with van der Waals surface area (Å²) in [7, 11) is -4.14. The average molecular weight is 370 g/mol. The number of carboxylic acid groups (broad SMARTS) is 1. The van der Waals surface area contributed by atoms with Gasteiger partial charge in [0.25, 0.3) is 0 Å². The minimum Gasteiger partial charge on any atom is -0.480 e. The van der Waals surface area contributed by atoms with Crippen molar-refractivity contribution in [3.63, 3.8) is 0 Å². The van der Waals surface area contributed by atoms with Crippen molar-refractivity contribution in [3.8, 4) is 11.3 Å². The molecule has 0 bridgehead atoms. The minimum absolute atomic E-state index is 0.0543. The van der Waals surface area contributed by atoms with Gasteiger partial charge in [-0.15, -0.1) is 0 Å². The van der Waals surface area contributed by atoms with Crippen LogP contribution in [0.3, 0.4) is 0 Å². The van der Waals surface area contributed by atoms with Crippen molar-refractivity contribution < 1.29 is 27.2 Å². The number of aliphatic carboxylic acids is 1. The van der Waals surface area contributed by atoms with Crippen molar-refractivity contribution in [2.75, 3.05) is 5.75 Å². The molecule has 6 nitrogen and oxygen atoms in total. The fourth-order valence-corrected chi connectivity index (χ4v) is 3.96. The summed E-state index contributed by atoms with van der Waals surface area (Å²) in [5.74, 6) is -3.13. The number of carbonyl (C=O) groups is 1. The second kappa shape index (κ2) is 5.88. The van der Waals surface area contributed by atoms with E-state index in [9.17, 15) is 17.6 Å². The number of hydrogen-bond donors (Lipinski definition) is 1. The second-order valence-corrected chi connectivity index (χ2v) is 7.25. The Morgan fingerprint density at radius 1 is 1.25 bits per heavy atom. The van der Waals surface area contributed by atoms with E-state index in [2.05, 4.69) is 5.16 Å². The predicted molar refractivity (Wildman–Crippen MR) is 84.1 cm³/mol. The average Bonchev–Trinajstić information content (AvgIpc) is 2.91. The molecule has 0 aliphatic heterocycles. The van der Waals surface area contributed by atoms with Gasteiger partial charge >= 0.3 is 5.97 Å². The lowest BCUT2D eigenvalue weighted by Crippen LogP contribution is -2.15. The van der Waals surface area contributed by atoms with Gasteiger partial charge in [-0.25, -0.2) is 12.8 Å². The molecule has 0 radical (unpaired) electrons. The Morgan fingerprint density at radius 2 is 1.96 bits per heavy atom. The number of sulfone groups is 1. The number of fused-ring (bicyclic) bond motifs is 1. The van der Waals surface area contributed by atoms with Crippen LogP contribution >= 0.6 is 11.6 Å². The lowest BCUT2D eigenvalue weighted by atomic mass is 10.1. The van der Waals surface area contributed by atoms with E-state index in [4.69, 9.17) is 21.2 Å². The molecule has 0 aliphatic carbocycles. The van der Waals surface area contributed by atoms with E-state index in [0.29, 0.717) is 5.39 Å². The molecule has 1 N–H and O–H groups in total. The Labute approximate surface area is 140 Å². The van der Waals surface area contributed by atoms with Crippen LogP contribution in [0.4, 0.5) is 4.39 Å². The standard InChI is InChI=1S/C15H9ClFNO5S/c16-13-11(24(21,22)7-12(19)20)6-5-9-14(18-23-15(9)13)8-3-1-2-4-10(8)17/h1-6H,7H2,(H,19,20). The fraction of sp³-hybridized carbons (Fsp3) is 0.0667. The first-order valence-electron chi connectivity index (χ1n) is 6.58. The molecule has 0 saturated carbocycles. The summed E-state index contributed by atoms with van der Waals surface area (Å²) in [6.07, 6.45) is 0. The van der Waals surface area contributed by atoms with E-state index >= 15 is 0 Å². The fourth-order valence-electron chi connectivity index (χ4n) is 2.28. The van der Waals surface area contributed by atoms with Crippen LogP contribution in [0.2, 0.25) is 5.02 Å². The molecular weight excluding hydrogens is 361 g/mol. The van der Waals surface area contributed by atoms with Gasteiger partial charge < -0.3 is 9.63 Å². The lowest BCUT2D eigenvalue weighted by Gasteiger charge is -2.04. The molecule has 0 fully saturated rings. The highest BCUT2D eigenvalue weighted by atomic mass is 35.5. The van der Waals surface area contributed by atoms with Crippen molar-refractivity contribution in [1.29, 1.82) is 0 Å². The first kappa shape index (κ1) is 16.4. The van der Waals surface area contributed by atoms with Crippen LogP contribution in [0.1, 0.15) is 0 Å². The third-order valence-electron chi connectivity index (χ3n) is 3.32. The van der Waals surface area contributed by atoms with Crippen LogP contribution in [0.5, 0.6) is 0 Å². The van der Waals surface area contributed by atoms with Gasteiger partial charge in [0, 0.05) is 5.56 Å². The number of benzene rings is 2. The van der Waals surface area contributed by atoms with E-state index in [1.807, 2.05) is 0 Å². The first-order valence-corrected chi connectivity index (χ1v) is 8.61. The summed E-state index contributed by atoms with van der Waals surface area (Å²) < 4.78 is 43.1. The summed E-state index contributed by atoms with van der Waals surface area (Å²) in [5.41, 5.74) is 0.294. The van der Waals surface area contributed by atoms with Gasteiger partial charge in [0.2, 0.25) is 0 Å². The van der Waals surface area contributed by atoms with Crippen molar-refractivity contribution >= 4 is 38.4 Å². The maximum atomic E-state index is 13.9. The topological polar surface area (TPSA) is 97.5 Å². The molecule has 1 aromatic heterocycles. The van der Waals surface area contributed by atoms with Gasteiger partial charge in [-0.05, 0) is 24.3 Å². The zero-order chi connectivity index (χ0) is 17.5. The minimum atomic E-state index is -4.14. The highest BCUT2D eigenvalue weighted by Gasteiger charge is 2.26. The van der Waals surface area contributed by atoms with Gasteiger partial charge in [0.05, 0.1) is 10.3 Å². The molecule has 0 atom stereocenters. The molecule has 24 heavy (non-hydrogen) atoms. The molecule has 124 valence electrons. The quantitative estimate of drug-likeness (QED) is 0.758. The second-order valence-electron chi connectivity index (χ2n) is 4.92. The summed E-state index contributed by atoms with van der Waals surface area (Å²) in [5, 5.41) is 12.5. The van der Waals surface area contributed by atoms with Crippen LogP contribution in [0, 0.1) is 5.82 Å². The number of hydrogen-bond acceptors (Lipinski definition) is 5. The Hall–Kier alpha value is -2.45. The molecule has 0 saturated heterocycles. The molecule has 9 heteroatoms. The molecule has 0 unspecified atom stereocenters. The molecule has 2 aromatic carbocycles. The molecular formula is C15H9ClFNO5S. The highest BCUT2D eigenvalue weighted by Crippen LogP contribution is 2.36. The van der Waals surface area contributed by atoms with Crippen molar-refractivity contribution in [2.24, 2.45) is 0 Å². The van der Waals surface area contributed by atoms with E-state index in [1.54, 1.807) is 6.07 Å². The van der Waals surface area contributed by atoms with Gasteiger partial charge in [0.15, 0.2) is 21.2 Å². The van der Waals surface area contributed by atoms with Crippen molar-refractivity contribution in [2.45, 2.75) is 4.90 Å². The number of nitrogens with zero attached hydrogens (tertiary/aromatic N) is 1. The summed E-state index contributed by atoms with van der Waals surface area (Å²) in [6.45, 7) is 0. The predicted octanol–water partition coefficient (Wildman–Crippen LogP) is 3.15. The summed E-state index contributed by atoms with van der Waals surface area (Å²) in [4.78, 5) is 10.3. The zero-order valence-electron chi connectivity index (χ0n) is 11.9. The van der Waals surface area contributed by atoms with Crippen molar-refractivity contribution in [1.82, 2.24) is 5.16 Å². The lowest BCUT2D eigenvalue weighted by molar-refractivity contribution is -0.134. The molecule has 0 amide bonds. The number of halogens is 2. The van der Waals surface area contributed by atoms with E-state index in [1.165, 1.54) is 24.3 Å². The third-order valence-corrected chi connectivity index (χ3v) is 5.45. The van der Waals surface area contributed by atoms with Gasteiger partial charge in [0.1, 0.15) is 16.5 Å². The molecule has 0 spiro atoms. The van der Waals surface area contributed by atoms with Crippen LogP contribution in [0.15, 0.2) is 45.8 Å². The largest absolute Gasteiger partial charge is 0.480 e. The maximum absolute atomic E-state index is 13.9. The molecule has 0 aliphatic rings. The van der Waals surface area contributed by atoms with E-state index in [-0.39, 0.29) is 26.8 Å². The van der Waals surface area contributed by atoms with E-state index < -0.39 is 27.4 Å². The van der Waals surface area contributed by atoms with Crippen molar-refractivity contribution in [3.05, 3.63) is 47.2 Å². The molecule has 3 rings (SSSR count). The molecule has 3 aromatic rings. The highest BCUT2D eigenvalue weighted by molar-refractivity contribution is 7.92. The third kappa shape index (κ3) is 2.74. The van der Waals surface area contributed by atoms with Gasteiger partial charge in [-0.2, -0.15) is 0 Å².